The Labute approximate surface area is 214 Å². The maximum atomic E-state index is 13.2. The summed E-state index contributed by atoms with van der Waals surface area (Å²) >= 11 is 3.44. The summed E-state index contributed by atoms with van der Waals surface area (Å²) in [6, 6.07) is 13.5. The minimum atomic E-state index is -0.0953. The fraction of sp³-hybridized carbons (Fsp3) is 0.423. The molecule has 186 valence electrons. The molecule has 2 heterocycles. The van der Waals surface area contributed by atoms with Gasteiger partial charge in [-0.2, -0.15) is 4.98 Å². The van der Waals surface area contributed by atoms with E-state index < -0.39 is 0 Å². The van der Waals surface area contributed by atoms with E-state index in [0.717, 1.165) is 41.4 Å². The smallest absolute Gasteiger partial charge is 0.241 e. The van der Waals surface area contributed by atoms with E-state index >= 15 is 0 Å². The molecule has 1 N–H and O–H groups in total. The van der Waals surface area contributed by atoms with Gasteiger partial charge in [0.1, 0.15) is 0 Å². The van der Waals surface area contributed by atoms with Crippen LogP contribution in [0.15, 0.2) is 51.5 Å². The van der Waals surface area contributed by atoms with E-state index in [4.69, 9.17) is 14.0 Å². The number of nitrogens with one attached hydrogen (secondary N) is 1. The van der Waals surface area contributed by atoms with Crippen molar-refractivity contribution in [3.05, 3.63) is 58.4 Å². The number of carbonyl (C=O) groups is 1. The second-order valence-electron chi connectivity index (χ2n) is 8.68. The molecule has 0 bridgehead atoms. The number of nitrogens with zero attached hydrogens (tertiary/aromatic N) is 3. The highest BCUT2D eigenvalue weighted by Crippen LogP contribution is 2.31. The van der Waals surface area contributed by atoms with Gasteiger partial charge in [0.25, 0.3) is 0 Å². The Hall–Kier alpha value is -2.91. The van der Waals surface area contributed by atoms with Crippen LogP contribution >= 0.6 is 15.9 Å². The van der Waals surface area contributed by atoms with E-state index in [2.05, 4.69) is 43.2 Å². The Bertz CT molecular complexity index is 1130. The first-order chi connectivity index (χ1) is 17.0. The first-order valence-electron chi connectivity index (χ1n) is 11.8. The molecule has 4 rings (SSSR count). The van der Waals surface area contributed by atoms with Gasteiger partial charge in [0.2, 0.25) is 17.6 Å². The zero-order valence-electron chi connectivity index (χ0n) is 20.3. The van der Waals surface area contributed by atoms with Crippen LogP contribution in [0.1, 0.15) is 43.7 Å². The van der Waals surface area contributed by atoms with Crippen LogP contribution in [0.25, 0.3) is 11.4 Å². The summed E-state index contributed by atoms with van der Waals surface area (Å²) < 4.78 is 17.3. The second kappa shape index (κ2) is 11.7. The van der Waals surface area contributed by atoms with Crippen molar-refractivity contribution in [3.63, 3.8) is 0 Å². The lowest BCUT2D eigenvalue weighted by Gasteiger charge is -2.32. The molecule has 0 saturated carbocycles. The van der Waals surface area contributed by atoms with E-state index in [1.807, 2.05) is 42.5 Å². The Morgan fingerprint density at radius 1 is 1.20 bits per heavy atom. The van der Waals surface area contributed by atoms with Crippen molar-refractivity contribution in [2.24, 2.45) is 5.92 Å². The highest BCUT2D eigenvalue weighted by molar-refractivity contribution is 9.10. The van der Waals surface area contributed by atoms with Gasteiger partial charge in [-0.15, -0.1) is 0 Å². The van der Waals surface area contributed by atoms with Gasteiger partial charge >= 0.3 is 0 Å². The third kappa shape index (κ3) is 6.21. The molecule has 2 aromatic carbocycles. The van der Waals surface area contributed by atoms with Crippen molar-refractivity contribution in [1.29, 1.82) is 0 Å². The van der Waals surface area contributed by atoms with Crippen LogP contribution in [-0.4, -0.2) is 48.3 Å². The fourth-order valence-electron chi connectivity index (χ4n) is 4.42. The molecule has 1 amide bonds. The SMILES string of the molecule is CCC(NC(=O)C1CCCN(Cc2nc(-c3ccc(Br)cc3)no2)C1)c1ccc(OC)c(OC)c1. The van der Waals surface area contributed by atoms with Crippen LogP contribution in [0.4, 0.5) is 0 Å². The first kappa shape index (κ1) is 25.2. The van der Waals surface area contributed by atoms with E-state index in [1.54, 1.807) is 14.2 Å². The van der Waals surface area contributed by atoms with Gasteiger partial charge < -0.3 is 19.3 Å². The number of likely N-dealkylation sites (tertiary alicyclic amines) is 1. The lowest BCUT2D eigenvalue weighted by atomic mass is 9.95. The fourth-order valence-corrected chi connectivity index (χ4v) is 4.68. The number of hydrogen-bond acceptors (Lipinski definition) is 7. The van der Waals surface area contributed by atoms with E-state index in [9.17, 15) is 4.79 Å². The van der Waals surface area contributed by atoms with Crippen molar-refractivity contribution in [3.8, 4) is 22.9 Å². The zero-order chi connectivity index (χ0) is 24.8. The van der Waals surface area contributed by atoms with Crippen LogP contribution in [0, 0.1) is 5.92 Å². The van der Waals surface area contributed by atoms with Gasteiger partial charge in [0.15, 0.2) is 11.5 Å². The molecule has 1 aliphatic rings. The number of amides is 1. The molecule has 2 atom stereocenters. The third-order valence-electron chi connectivity index (χ3n) is 6.34. The number of halogens is 1. The van der Waals surface area contributed by atoms with Crippen LogP contribution in [0.5, 0.6) is 11.5 Å². The van der Waals surface area contributed by atoms with Crippen LogP contribution < -0.4 is 14.8 Å². The maximum absolute atomic E-state index is 13.2. The number of carbonyl (C=O) groups excluding carboxylic acids is 1. The van der Waals surface area contributed by atoms with E-state index in [1.165, 1.54) is 0 Å². The molecule has 9 heteroatoms. The number of aromatic nitrogens is 2. The van der Waals surface area contributed by atoms with E-state index in [-0.39, 0.29) is 17.9 Å². The molecule has 1 fully saturated rings. The summed E-state index contributed by atoms with van der Waals surface area (Å²) in [5.74, 6) is 2.43. The Kier molecular flexibility index (Phi) is 8.41. The molecule has 0 radical (unpaired) electrons. The maximum Gasteiger partial charge on any atom is 0.241 e. The molecular weight excluding hydrogens is 512 g/mol. The van der Waals surface area contributed by atoms with Crippen LogP contribution in [-0.2, 0) is 11.3 Å². The standard InChI is InChI=1S/C26H31BrN4O4/c1-4-21(18-9-12-22(33-2)23(14-18)34-3)28-26(32)19-6-5-13-31(15-19)16-24-29-25(30-35-24)17-7-10-20(27)11-8-17/h7-12,14,19,21H,4-6,13,15-16H2,1-3H3,(H,28,32). The topological polar surface area (TPSA) is 89.7 Å². The predicted octanol–water partition coefficient (Wildman–Crippen LogP) is 5.00. The third-order valence-corrected chi connectivity index (χ3v) is 6.87. The normalized spacial score (nSPS) is 17.1. The number of benzene rings is 2. The number of ether oxygens (including phenoxy) is 2. The lowest BCUT2D eigenvalue weighted by molar-refractivity contribution is -0.127. The van der Waals surface area contributed by atoms with Crippen LogP contribution in [0.3, 0.4) is 0 Å². The highest BCUT2D eigenvalue weighted by atomic mass is 79.9. The quantitative estimate of drug-likeness (QED) is 0.407. The summed E-state index contributed by atoms with van der Waals surface area (Å²) in [7, 11) is 3.23. The van der Waals surface area contributed by atoms with Crippen molar-refractivity contribution in [2.45, 2.75) is 38.8 Å². The average Bonchev–Trinajstić information content (AvgIpc) is 3.35. The van der Waals surface area contributed by atoms with Gasteiger partial charge in [0, 0.05) is 16.6 Å². The molecule has 0 spiro atoms. The number of methoxy groups -OCH3 is 2. The summed E-state index contributed by atoms with van der Waals surface area (Å²) in [5, 5.41) is 7.36. The largest absolute Gasteiger partial charge is 0.493 e. The predicted molar refractivity (Wildman–Crippen MR) is 136 cm³/mol. The summed E-state index contributed by atoms with van der Waals surface area (Å²) in [6.45, 7) is 4.14. The Morgan fingerprint density at radius 3 is 2.69 bits per heavy atom. The molecule has 1 saturated heterocycles. The highest BCUT2D eigenvalue weighted by Gasteiger charge is 2.28. The molecular formula is C26H31BrN4O4. The molecule has 1 aromatic heterocycles. The van der Waals surface area contributed by atoms with E-state index in [0.29, 0.717) is 36.3 Å². The Balaban J connectivity index is 1.37. The van der Waals surface area contributed by atoms with Gasteiger partial charge in [-0.25, -0.2) is 0 Å². The van der Waals surface area contributed by atoms with Crippen molar-refractivity contribution in [1.82, 2.24) is 20.4 Å². The van der Waals surface area contributed by atoms with Gasteiger partial charge in [0.05, 0.1) is 32.7 Å². The monoisotopic (exact) mass is 542 g/mol. The number of rotatable bonds is 9. The van der Waals surface area contributed by atoms with Gasteiger partial charge in [-0.3, -0.25) is 9.69 Å². The molecule has 8 nitrogen and oxygen atoms in total. The van der Waals surface area contributed by atoms with Crippen molar-refractivity contribution < 1.29 is 18.8 Å². The summed E-state index contributed by atoms with van der Waals surface area (Å²) in [6.07, 6.45) is 2.58. The first-order valence-corrected chi connectivity index (χ1v) is 12.6. The molecule has 1 aliphatic heterocycles. The zero-order valence-corrected chi connectivity index (χ0v) is 21.9. The minimum Gasteiger partial charge on any atom is -0.493 e. The molecule has 35 heavy (non-hydrogen) atoms. The summed E-state index contributed by atoms with van der Waals surface area (Å²) in [5.41, 5.74) is 1.90. The minimum absolute atomic E-state index is 0.0671. The number of piperidine rings is 1. The summed E-state index contributed by atoms with van der Waals surface area (Å²) in [4.78, 5) is 19.9. The van der Waals surface area contributed by atoms with Gasteiger partial charge in [-0.1, -0.05) is 34.1 Å². The average molecular weight is 543 g/mol. The molecule has 0 aliphatic carbocycles. The van der Waals surface area contributed by atoms with Crippen molar-refractivity contribution in [2.75, 3.05) is 27.3 Å². The second-order valence-corrected chi connectivity index (χ2v) is 9.59. The van der Waals surface area contributed by atoms with Crippen LogP contribution in [0.2, 0.25) is 0 Å². The Morgan fingerprint density at radius 2 is 1.97 bits per heavy atom. The van der Waals surface area contributed by atoms with Gasteiger partial charge in [-0.05, 0) is 67.8 Å². The number of hydrogen-bond donors (Lipinski definition) is 1. The molecule has 3 aromatic rings. The lowest BCUT2D eigenvalue weighted by Crippen LogP contribution is -2.43. The van der Waals surface area contributed by atoms with Crippen molar-refractivity contribution >= 4 is 21.8 Å². The molecule has 2 unspecified atom stereocenters.